The molecule has 0 spiro atoms. The molecule has 5 aromatic rings. The third-order valence-electron chi connectivity index (χ3n) is 6.53. The number of rotatable bonds is 3. The van der Waals surface area contributed by atoms with Gasteiger partial charge in [-0.15, -0.1) is 29.3 Å². The van der Waals surface area contributed by atoms with Crippen molar-refractivity contribution in [3.8, 4) is 22.4 Å². The van der Waals surface area contributed by atoms with Crippen molar-refractivity contribution < 1.29 is 30.0 Å². The number of pyridine rings is 1. The summed E-state index contributed by atoms with van der Waals surface area (Å²) < 4.78 is 0. The van der Waals surface area contributed by atoms with Crippen LogP contribution in [0.3, 0.4) is 0 Å². The number of aromatic nitrogens is 1. The predicted molar refractivity (Wildman–Crippen MR) is 152 cm³/mol. The molecule has 37 heavy (non-hydrogen) atoms. The number of ketones is 1. The molecule has 0 saturated heterocycles. The Bertz CT molecular complexity index is 1600. The van der Waals surface area contributed by atoms with Crippen LogP contribution in [-0.2, 0) is 20.1 Å². The van der Waals surface area contributed by atoms with Crippen LogP contribution in [0.2, 0.25) is 0 Å². The zero-order valence-corrected chi connectivity index (χ0v) is 24.2. The van der Waals surface area contributed by atoms with Crippen LogP contribution in [0.15, 0.2) is 96.4 Å². The number of fused-ring (bicyclic) bond motifs is 3. The van der Waals surface area contributed by atoms with Crippen LogP contribution < -0.4 is 0 Å². The summed E-state index contributed by atoms with van der Waals surface area (Å²) in [6.07, 6.45) is 1.90. The van der Waals surface area contributed by atoms with Gasteiger partial charge >= 0.3 is 5.78 Å². The van der Waals surface area contributed by atoms with Crippen molar-refractivity contribution in [1.82, 2.24) is 4.98 Å². The molecular weight excluding hydrogens is 635 g/mol. The van der Waals surface area contributed by atoms with E-state index in [9.17, 15) is 0 Å². The molecule has 189 valence electrons. The average Bonchev–Trinajstić information content (AvgIpc) is 2.88. The zero-order chi connectivity index (χ0) is 25.8. The van der Waals surface area contributed by atoms with Gasteiger partial charge in [-0.2, -0.15) is 0 Å². The van der Waals surface area contributed by atoms with E-state index in [1.54, 1.807) is 6.92 Å². The van der Waals surface area contributed by atoms with Gasteiger partial charge in [0, 0.05) is 26.3 Å². The monoisotopic (exact) mass is 666 g/mol. The largest absolute Gasteiger partial charge is 0.512 e. The molecule has 1 heterocycles. The minimum Gasteiger partial charge on any atom is -0.512 e. The molecule has 3 nitrogen and oxygen atoms in total. The van der Waals surface area contributed by atoms with Crippen molar-refractivity contribution in [3.05, 3.63) is 114 Å². The fourth-order valence-corrected chi connectivity index (χ4v) is 4.19. The molecular formula is C33H31IrNO2. The summed E-state index contributed by atoms with van der Waals surface area (Å²) >= 11 is 0. The van der Waals surface area contributed by atoms with Gasteiger partial charge in [0.05, 0.1) is 12.5 Å². The van der Waals surface area contributed by atoms with Crippen molar-refractivity contribution in [1.29, 1.82) is 0 Å². The Balaban J connectivity index is 0.000000370. The SMILES string of the molecule is CC(=[OH+])/C(C)=C(/C)O.Cc1ccc(-c2c[c-]c(-c3nccc4c3ccc3ccccc34)cc2C)cc1.[Ir]. The van der Waals surface area contributed by atoms with Crippen LogP contribution in [0.4, 0.5) is 0 Å². The minimum atomic E-state index is 0. The molecule has 1 aromatic heterocycles. The summed E-state index contributed by atoms with van der Waals surface area (Å²) in [5.74, 6) is 0.343. The zero-order valence-electron chi connectivity index (χ0n) is 21.8. The third-order valence-corrected chi connectivity index (χ3v) is 6.53. The van der Waals surface area contributed by atoms with Crippen LogP contribution in [0.1, 0.15) is 31.9 Å². The first-order valence-electron chi connectivity index (χ1n) is 12.0. The second-order valence-corrected chi connectivity index (χ2v) is 9.15. The molecule has 4 heteroatoms. The second-order valence-electron chi connectivity index (χ2n) is 9.15. The molecule has 0 unspecified atom stereocenters. The topological polar surface area (TPSA) is 54.5 Å². The van der Waals surface area contributed by atoms with E-state index in [1.807, 2.05) is 6.20 Å². The summed E-state index contributed by atoms with van der Waals surface area (Å²) in [6, 6.07) is 31.4. The Hall–Kier alpha value is -3.59. The van der Waals surface area contributed by atoms with Crippen LogP contribution in [0, 0.1) is 19.9 Å². The predicted octanol–water partition coefficient (Wildman–Crippen LogP) is 8.54. The Kier molecular flexibility index (Phi) is 9.15. The van der Waals surface area contributed by atoms with Gasteiger partial charge in [0.1, 0.15) is 5.76 Å². The van der Waals surface area contributed by atoms with Crippen LogP contribution in [0.25, 0.3) is 43.9 Å². The summed E-state index contributed by atoms with van der Waals surface area (Å²) in [4.78, 5) is 13.4. The Morgan fingerprint density at radius 2 is 1.54 bits per heavy atom. The van der Waals surface area contributed by atoms with E-state index >= 15 is 0 Å². The smallest absolute Gasteiger partial charge is 0.319 e. The van der Waals surface area contributed by atoms with Gasteiger partial charge in [-0.25, -0.2) is 0 Å². The van der Waals surface area contributed by atoms with Crippen LogP contribution >= 0.6 is 0 Å². The Morgan fingerprint density at radius 1 is 0.838 bits per heavy atom. The molecule has 5 rings (SSSR count). The first kappa shape index (κ1) is 28.0. The van der Waals surface area contributed by atoms with Crippen LogP contribution in [0.5, 0.6) is 0 Å². The number of hydrogen-bond acceptors (Lipinski definition) is 2. The van der Waals surface area contributed by atoms with Crippen LogP contribution in [-0.4, -0.2) is 20.7 Å². The van der Waals surface area contributed by atoms with Gasteiger partial charge in [-0.3, -0.25) is 4.79 Å². The second kappa shape index (κ2) is 12.1. The van der Waals surface area contributed by atoms with E-state index in [2.05, 4.69) is 98.8 Å². The molecule has 0 atom stereocenters. The number of aliphatic hydroxyl groups is 1. The van der Waals surface area contributed by atoms with Crippen molar-refractivity contribution in [2.24, 2.45) is 0 Å². The standard InChI is InChI=1S/C27H20N.C6H10O2.Ir/c1-18-7-9-21(10-8-18)23-13-12-22(17-19(23)2)27-26-14-11-20-5-3-4-6-24(20)25(26)15-16-28-27;1-4(5(2)7)6(3)8;/h3-11,13-17H,1-2H3;7H,1-3H3;/q-1;;/p+1/b;5-4-;. The maximum Gasteiger partial charge on any atom is 0.319 e. The molecule has 0 fully saturated rings. The van der Waals surface area contributed by atoms with Crippen molar-refractivity contribution in [3.63, 3.8) is 0 Å². The first-order valence-corrected chi connectivity index (χ1v) is 12.0. The summed E-state index contributed by atoms with van der Waals surface area (Å²) in [6.45, 7) is 9.00. The van der Waals surface area contributed by atoms with E-state index in [-0.39, 0.29) is 31.6 Å². The molecule has 0 amide bonds. The van der Waals surface area contributed by atoms with E-state index in [4.69, 9.17) is 14.9 Å². The van der Waals surface area contributed by atoms with Gasteiger partial charge in [-0.1, -0.05) is 84.3 Å². The summed E-state index contributed by atoms with van der Waals surface area (Å²) in [5, 5.41) is 13.6. The van der Waals surface area contributed by atoms with E-state index in [0.717, 1.165) is 11.3 Å². The molecule has 0 aliphatic heterocycles. The molecule has 1 radical (unpaired) electrons. The minimum absolute atomic E-state index is 0. The van der Waals surface area contributed by atoms with Crippen molar-refractivity contribution >= 4 is 27.3 Å². The number of hydrogen-bond donors (Lipinski definition) is 1. The Morgan fingerprint density at radius 3 is 2.16 bits per heavy atom. The summed E-state index contributed by atoms with van der Waals surface area (Å²) in [7, 11) is 0. The molecule has 0 saturated carbocycles. The number of allylic oxidation sites excluding steroid dienone is 2. The van der Waals surface area contributed by atoms with Gasteiger partial charge in [0.15, 0.2) is 0 Å². The Labute approximate surface area is 232 Å². The quantitative estimate of drug-likeness (QED) is 0.0691. The van der Waals surface area contributed by atoms with E-state index in [0.29, 0.717) is 5.57 Å². The summed E-state index contributed by atoms with van der Waals surface area (Å²) in [5.41, 5.74) is 7.52. The normalized spacial score (nSPS) is 11.3. The fraction of sp³-hybridized carbons (Fsp3) is 0.152. The van der Waals surface area contributed by atoms with Gasteiger partial charge in [0.2, 0.25) is 0 Å². The number of aryl methyl sites for hydroxylation is 2. The number of benzene rings is 4. The fourth-order valence-electron chi connectivity index (χ4n) is 4.19. The molecule has 2 N–H and O–H groups in total. The first-order chi connectivity index (χ1) is 17.3. The molecule has 4 aromatic carbocycles. The van der Waals surface area contributed by atoms with Crippen molar-refractivity contribution in [2.75, 3.05) is 0 Å². The molecule has 0 bridgehead atoms. The van der Waals surface area contributed by atoms with Crippen molar-refractivity contribution in [2.45, 2.75) is 34.6 Å². The van der Waals surface area contributed by atoms with Gasteiger partial charge < -0.3 is 10.1 Å². The maximum atomic E-state index is 8.69. The third kappa shape index (κ3) is 6.22. The molecule has 0 aliphatic rings. The van der Waals surface area contributed by atoms with Gasteiger partial charge in [-0.05, 0) is 54.1 Å². The number of aliphatic hydroxyl groups excluding tert-OH is 1. The molecule has 0 aliphatic carbocycles. The van der Waals surface area contributed by atoms with E-state index < -0.39 is 0 Å². The maximum absolute atomic E-state index is 8.69. The number of nitrogens with zero attached hydrogens (tertiary/aromatic N) is 1. The average molecular weight is 666 g/mol. The number of carbonyl (C=O) groups excluding carboxylic acids is 1. The van der Waals surface area contributed by atoms with Gasteiger partial charge in [0.25, 0.3) is 0 Å². The van der Waals surface area contributed by atoms with E-state index in [1.165, 1.54) is 57.6 Å².